The van der Waals surface area contributed by atoms with E-state index in [4.69, 9.17) is 5.73 Å². The highest BCUT2D eigenvalue weighted by molar-refractivity contribution is 7.80. The van der Waals surface area contributed by atoms with Gasteiger partial charge in [-0.3, -0.25) is 0 Å². The van der Waals surface area contributed by atoms with Crippen molar-refractivity contribution in [2.75, 3.05) is 5.73 Å². The van der Waals surface area contributed by atoms with E-state index in [1.165, 1.54) is 27.8 Å². The zero-order valence-corrected chi connectivity index (χ0v) is 12.2. The van der Waals surface area contributed by atoms with Crippen molar-refractivity contribution in [3.8, 4) is 11.1 Å². The Bertz CT molecular complexity index is 615. The monoisotopic (exact) mass is 257 g/mol. The molecule has 0 amide bonds. The van der Waals surface area contributed by atoms with Crippen LogP contribution >= 0.6 is 12.6 Å². The molecule has 0 radical (unpaired) electrons. The topological polar surface area (TPSA) is 26.0 Å². The molecule has 18 heavy (non-hydrogen) atoms. The van der Waals surface area contributed by atoms with Crippen LogP contribution in [0.5, 0.6) is 0 Å². The number of hydrogen-bond donors (Lipinski definition) is 2. The molecule has 2 heteroatoms. The van der Waals surface area contributed by atoms with Crippen LogP contribution in [0.4, 0.5) is 5.69 Å². The van der Waals surface area contributed by atoms with Gasteiger partial charge in [-0.25, -0.2) is 0 Å². The first-order chi connectivity index (χ1) is 8.41. The summed E-state index contributed by atoms with van der Waals surface area (Å²) in [5, 5.41) is 0. The van der Waals surface area contributed by atoms with Crippen molar-refractivity contribution in [2.24, 2.45) is 0 Å². The summed E-state index contributed by atoms with van der Waals surface area (Å²) in [6.07, 6.45) is 0. The molecule has 0 heterocycles. The first-order valence-electron chi connectivity index (χ1n) is 6.08. The standard InChI is InChI=1S/C16H19NS/c1-9-7-11(3)14(8-10(9)2)13-5-6-15(18)16(17)12(13)4/h5-8,18H,17H2,1-4H3. The highest BCUT2D eigenvalue weighted by Gasteiger charge is 2.10. The van der Waals surface area contributed by atoms with Crippen molar-refractivity contribution >= 4 is 18.3 Å². The molecule has 0 spiro atoms. The molecule has 0 aromatic heterocycles. The van der Waals surface area contributed by atoms with Crippen molar-refractivity contribution in [1.29, 1.82) is 0 Å². The predicted octanol–water partition coefficient (Wildman–Crippen LogP) is 4.46. The third-order valence-electron chi connectivity index (χ3n) is 3.62. The van der Waals surface area contributed by atoms with Crippen LogP contribution in [0.15, 0.2) is 29.2 Å². The van der Waals surface area contributed by atoms with E-state index in [0.717, 1.165) is 16.1 Å². The molecule has 2 aromatic rings. The van der Waals surface area contributed by atoms with Gasteiger partial charge in [0.1, 0.15) is 0 Å². The van der Waals surface area contributed by atoms with Crippen LogP contribution < -0.4 is 5.73 Å². The molecule has 0 aliphatic heterocycles. The van der Waals surface area contributed by atoms with Gasteiger partial charge in [0.15, 0.2) is 0 Å². The van der Waals surface area contributed by atoms with Crippen molar-refractivity contribution in [2.45, 2.75) is 32.6 Å². The number of hydrogen-bond acceptors (Lipinski definition) is 2. The molecule has 2 N–H and O–H groups in total. The quantitative estimate of drug-likeness (QED) is 0.572. The van der Waals surface area contributed by atoms with Crippen LogP contribution in [-0.4, -0.2) is 0 Å². The maximum Gasteiger partial charge on any atom is 0.0485 e. The average molecular weight is 257 g/mol. The minimum atomic E-state index is 0.772. The third kappa shape index (κ3) is 2.13. The van der Waals surface area contributed by atoms with E-state index in [-0.39, 0.29) is 0 Å². The molecule has 0 atom stereocenters. The molecule has 0 unspecified atom stereocenters. The first kappa shape index (κ1) is 13.0. The molecule has 0 bridgehead atoms. The Morgan fingerprint density at radius 1 is 0.833 bits per heavy atom. The minimum absolute atomic E-state index is 0.772. The first-order valence-corrected chi connectivity index (χ1v) is 6.52. The second-order valence-corrected chi connectivity index (χ2v) is 5.40. The number of nitrogens with two attached hydrogens (primary N) is 1. The van der Waals surface area contributed by atoms with Gasteiger partial charge in [-0.05, 0) is 67.1 Å². The van der Waals surface area contributed by atoms with Gasteiger partial charge < -0.3 is 5.73 Å². The van der Waals surface area contributed by atoms with Gasteiger partial charge in [-0.2, -0.15) is 0 Å². The second-order valence-electron chi connectivity index (χ2n) is 4.92. The van der Waals surface area contributed by atoms with E-state index in [9.17, 15) is 0 Å². The van der Waals surface area contributed by atoms with Gasteiger partial charge in [0.25, 0.3) is 0 Å². The minimum Gasteiger partial charge on any atom is -0.398 e. The lowest BCUT2D eigenvalue weighted by Gasteiger charge is -2.15. The van der Waals surface area contributed by atoms with Crippen LogP contribution in [0, 0.1) is 27.7 Å². The van der Waals surface area contributed by atoms with E-state index in [1.807, 2.05) is 6.07 Å². The van der Waals surface area contributed by atoms with Gasteiger partial charge in [-0.1, -0.05) is 18.2 Å². The number of rotatable bonds is 1. The van der Waals surface area contributed by atoms with Gasteiger partial charge in [0.05, 0.1) is 0 Å². The number of nitrogen functional groups attached to an aromatic ring is 1. The maximum absolute atomic E-state index is 6.06. The van der Waals surface area contributed by atoms with E-state index < -0.39 is 0 Å². The van der Waals surface area contributed by atoms with Crippen LogP contribution in [-0.2, 0) is 0 Å². The lowest BCUT2D eigenvalue weighted by molar-refractivity contribution is 1.29. The van der Waals surface area contributed by atoms with Crippen LogP contribution in [0.25, 0.3) is 11.1 Å². The molecule has 0 saturated carbocycles. The predicted molar refractivity (Wildman–Crippen MR) is 82.5 cm³/mol. The van der Waals surface area contributed by atoms with Crippen molar-refractivity contribution < 1.29 is 0 Å². The molecule has 0 aliphatic carbocycles. The summed E-state index contributed by atoms with van der Waals surface area (Å²) in [5.74, 6) is 0. The molecule has 1 nitrogen and oxygen atoms in total. The van der Waals surface area contributed by atoms with E-state index >= 15 is 0 Å². The van der Waals surface area contributed by atoms with E-state index in [2.05, 4.69) is 58.5 Å². The summed E-state index contributed by atoms with van der Waals surface area (Å²) in [7, 11) is 0. The fourth-order valence-corrected chi connectivity index (χ4v) is 2.50. The van der Waals surface area contributed by atoms with Crippen molar-refractivity contribution in [3.05, 3.63) is 46.5 Å². The number of aryl methyl sites for hydroxylation is 3. The molecular formula is C16H19NS. The van der Waals surface area contributed by atoms with Gasteiger partial charge in [0, 0.05) is 10.6 Å². The van der Waals surface area contributed by atoms with Gasteiger partial charge >= 0.3 is 0 Å². The second kappa shape index (κ2) is 4.69. The summed E-state index contributed by atoms with van der Waals surface area (Å²) >= 11 is 4.36. The van der Waals surface area contributed by atoms with Crippen molar-refractivity contribution in [1.82, 2.24) is 0 Å². The lowest BCUT2D eigenvalue weighted by Crippen LogP contribution is -1.96. The Morgan fingerprint density at radius 2 is 1.44 bits per heavy atom. The van der Waals surface area contributed by atoms with Crippen LogP contribution in [0.2, 0.25) is 0 Å². The highest BCUT2D eigenvalue weighted by Crippen LogP contribution is 2.34. The molecule has 2 rings (SSSR count). The summed E-state index contributed by atoms with van der Waals surface area (Å²) in [6, 6.07) is 8.54. The summed E-state index contributed by atoms with van der Waals surface area (Å²) in [4.78, 5) is 0.845. The summed E-state index contributed by atoms with van der Waals surface area (Å²) < 4.78 is 0. The Morgan fingerprint density at radius 3 is 2.11 bits per heavy atom. The maximum atomic E-state index is 6.06. The van der Waals surface area contributed by atoms with Crippen LogP contribution in [0.3, 0.4) is 0 Å². The zero-order valence-electron chi connectivity index (χ0n) is 11.3. The Labute approximate surface area is 114 Å². The fourth-order valence-electron chi connectivity index (χ4n) is 2.26. The third-order valence-corrected chi connectivity index (χ3v) is 4.01. The highest BCUT2D eigenvalue weighted by atomic mass is 32.1. The Kier molecular flexibility index (Phi) is 3.40. The zero-order chi connectivity index (χ0) is 13.4. The Balaban J connectivity index is 2.70. The number of thiol groups is 1. The average Bonchev–Trinajstić information content (AvgIpc) is 2.32. The van der Waals surface area contributed by atoms with E-state index in [1.54, 1.807) is 0 Å². The molecule has 0 fully saturated rings. The normalized spacial score (nSPS) is 10.7. The van der Waals surface area contributed by atoms with Crippen molar-refractivity contribution in [3.63, 3.8) is 0 Å². The molecular weight excluding hydrogens is 238 g/mol. The lowest BCUT2D eigenvalue weighted by atomic mass is 9.92. The Hall–Kier alpha value is -1.41. The van der Waals surface area contributed by atoms with Gasteiger partial charge in [0.2, 0.25) is 0 Å². The van der Waals surface area contributed by atoms with Gasteiger partial charge in [-0.15, -0.1) is 12.6 Å². The SMILES string of the molecule is Cc1cc(C)c(-c2ccc(S)c(N)c2C)cc1C. The van der Waals surface area contributed by atoms with Crippen LogP contribution in [0.1, 0.15) is 22.3 Å². The molecule has 0 aliphatic rings. The number of anilines is 1. The fraction of sp³-hybridized carbons (Fsp3) is 0.250. The summed E-state index contributed by atoms with van der Waals surface area (Å²) in [6.45, 7) is 8.49. The summed E-state index contributed by atoms with van der Waals surface area (Å²) in [5.41, 5.74) is 14.3. The molecule has 2 aromatic carbocycles. The molecule has 0 saturated heterocycles. The van der Waals surface area contributed by atoms with E-state index in [0.29, 0.717) is 0 Å². The molecule has 94 valence electrons. The number of benzene rings is 2. The largest absolute Gasteiger partial charge is 0.398 e. The smallest absolute Gasteiger partial charge is 0.0485 e.